The molecule has 1 aliphatic rings. The summed E-state index contributed by atoms with van der Waals surface area (Å²) in [6.45, 7) is 2.97. The first-order chi connectivity index (χ1) is 11.1. The van der Waals surface area contributed by atoms with Gasteiger partial charge in [-0.3, -0.25) is 14.3 Å². The first-order valence-electron chi connectivity index (χ1n) is 7.32. The number of rotatable bonds is 2. The molecule has 1 aliphatic heterocycles. The van der Waals surface area contributed by atoms with Gasteiger partial charge in [-0.25, -0.2) is 9.78 Å². The number of nitrogens with zero attached hydrogens (tertiary/aromatic N) is 4. The summed E-state index contributed by atoms with van der Waals surface area (Å²) < 4.78 is 6.31. The monoisotopic (exact) mass is 315 g/mol. The number of carbonyl (C=O) groups excluding carboxylic acids is 2. The second kappa shape index (κ2) is 6.07. The average Bonchev–Trinajstić information content (AvgIpc) is 2.99. The van der Waals surface area contributed by atoms with Gasteiger partial charge >= 0.3 is 6.09 Å². The van der Waals surface area contributed by atoms with Gasteiger partial charge in [0.05, 0.1) is 18.7 Å². The van der Waals surface area contributed by atoms with Crippen LogP contribution in [0.4, 0.5) is 10.7 Å². The lowest BCUT2D eigenvalue weighted by molar-refractivity contribution is 0.0958. The molecule has 0 fully saturated rings. The summed E-state index contributed by atoms with van der Waals surface area (Å²) in [5.74, 6) is -0.134. The standard InChI is InChI=1S/C15H17N5O3/c1-2-23-15(22)19-5-3-11-10(9-19)7-17-8-12(11)13(21)20-6-4-18-14(20)16/h4,6-8H,2-3,5,9H2,1H3,(H2,16,18). The van der Waals surface area contributed by atoms with Crippen LogP contribution < -0.4 is 5.73 Å². The lowest BCUT2D eigenvalue weighted by Gasteiger charge is -2.28. The third-order valence-electron chi connectivity index (χ3n) is 3.78. The van der Waals surface area contributed by atoms with Crippen LogP contribution in [0.15, 0.2) is 24.8 Å². The number of hydrogen-bond donors (Lipinski definition) is 1. The maximum absolute atomic E-state index is 12.6. The van der Waals surface area contributed by atoms with E-state index in [1.165, 1.54) is 23.2 Å². The van der Waals surface area contributed by atoms with Gasteiger partial charge in [0.1, 0.15) is 0 Å². The number of aromatic nitrogens is 3. The predicted molar refractivity (Wildman–Crippen MR) is 81.7 cm³/mol. The molecule has 0 aliphatic carbocycles. The highest BCUT2D eigenvalue weighted by Gasteiger charge is 2.26. The molecule has 2 N–H and O–H groups in total. The summed E-state index contributed by atoms with van der Waals surface area (Å²) in [5, 5.41) is 0. The zero-order valence-corrected chi connectivity index (χ0v) is 12.7. The first kappa shape index (κ1) is 15.0. The van der Waals surface area contributed by atoms with Crippen LogP contribution in [0.1, 0.15) is 28.4 Å². The van der Waals surface area contributed by atoms with E-state index in [-0.39, 0.29) is 17.9 Å². The highest BCUT2D eigenvalue weighted by molar-refractivity contribution is 5.98. The van der Waals surface area contributed by atoms with Gasteiger partial charge in [0.15, 0.2) is 0 Å². The van der Waals surface area contributed by atoms with Crippen molar-refractivity contribution in [3.05, 3.63) is 41.5 Å². The molecule has 1 amide bonds. The molecule has 2 aromatic heterocycles. The third-order valence-corrected chi connectivity index (χ3v) is 3.78. The van der Waals surface area contributed by atoms with Crippen LogP contribution in [0, 0.1) is 0 Å². The molecular formula is C15H17N5O3. The minimum atomic E-state index is -0.353. The maximum atomic E-state index is 12.6. The summed E-state index contributed by atoms with van der Waals surface area (Å²) in [6.07, 6.45) is 6.40. The quantitative estimate of drug-likeness (QED) is 0.889. The van der Waals surface area contributed by atoms with E-state index in [0.717, 1.165) is 11.1 Å². The van der Waals surface area contributed by atoms with E-state index in [9.17, 15) is 9.59 Å². The summed E-state index contributed by atoms with van der Waals surface area (Å²) in [6, 6.07) is 0. The lowest BCUT2D eigenvalue weighted by Crippen LogP contribution is -2.37. The van der Waals surface area contributed by atoms with Crippen molar-refractivity contribution in [2.24, 2.45) is 0 Å². The Kier molecular flexibility index (Phi) is 3.96. The van der Waals surface area contributed by atoms with Crippen LogP contribution in [0.3, 0.4) is 0 Å². The van der Waals surface area contributed by atoms with E-state index in [1.54, 1.807) is 18.0 Å². The Bertz CT molecular complexity index is 755. The van der Waals surface area contributed by atoms with Crippen molar-refractivity contribution >= 4 is 17.9 Å². The Balaban J connectivity index is 1.90. The molecular weight excluding hydrogens is 298 g/mol. The van der Waals surface area contributed by atoms with Crippen molar-refractivity contribution in [2.75, 3.05) is 18.9 Å². The molecule has 0 spiro atoms. The maximum Gasteiger partial charge on any atom is 0.410 e. The molecule has 0 aromatic carbocycles. The second-order valence-corrected chi connectivity index (χ2v) is 5.16. The molecule has 0 unspecified atom stereocenters. The Labute approximate surface area is 132 Å². The Morgan fingerprint density at radius 1 is 1.39 bits per heavy atom. The summed E-state index contributed by atoms with van der Waals surface area (Å²) in [7, 11) is 0. The fourth-order valence-corrected chi connectivity index (χ4v) is 2.66. The van der Waals surface area contributed by atoms with Gasteiger partial charge in [0, 0.05) is 31.3 Å². The van der Waals surface area contributed by atoms with Gasteiger partial charge in [-0.15, -0.1) is 0 Å². The predicted octanol–water partition coefficient (Wildman–Crippen LogP) is 1.06. The number of fused-ring (bicyclic) bond motifs is 1. The van der Waals surface area contributed by atoms with E-state index in [4.69, 9.17) is 10.5 Å². The number of hydrogen-bond acceptors (Lipinski definition) is 6. The number of anilines is 1. The molecule has 3 heterocycles. The van der Waals surface area contributed by atoms with E-state index in [1.807, 2.05) is 0 Å². The SMILES string of the molecule is CCOC(=O)N1CCc2c(cncc2C(=O)n2ccnc2N)C1. The molecule has 3 rings (SSSR count). The first-order valence-corrected chi connectivity index (χ1v) is 7.32. The van der Waals surface area contributed by atoms with E-state index in [0.29, 0.717) is 31.7 Å². The number of amides is 1. The van der Waals surface area contributed by atoms with Crippen molar-refractivity contribution in [1.82, 2.24) is 19.4 Å². The van der Waals surface area contributed by atoms with Crippen molar-refractivity contribution in [1.29, 1.82) is 0 Å². The zero-order chi connectivity index (χ0) is 16.4. The van der Waals surface area contributed by atoms with Crippen LogP contribution in [0.2, 0.25) is 0 Å². The average molecular weight is 315 g/mol. The normalized spacial score (nSPS) is 13.5. The highest BCUT2D eigenvalue weighted by Crippen LogP contribution is 2.23. The molecule has 0 saturated heterocycles. The van der Waals surface area contributed by atoms with E-state index >= 15 is 0 Å². The van der Waals surface area contributed by atoms with E-state index < -0.39 is 0 Å². The zero-order valence-electron chi connectivity index (χ0n) is 12.7. The molecule has 2 aromatic rings. The number of nitrogen functional groups attached to an aromatic ring is 1. The smallest absolute Gasteiger partial charge is 0.410 e. The van der Waals surface area contributed by atoms with Gasteiger partial charge in [0.25, 0.3) is 5.91 Å². The fraction of sp³-hybridized carbons (Fsp3) is 0.333. The number of carbonyl (C=O) groups is 2. The largest absolute Gasteiger partial charge is 0.450 e. The van der Waals surface area contributed by atoms with Crippen LogP contribution in [0.5, 0.6) is 0 Å². The molecule has 8 nitrogen and oxygen atoms in total. The molecule has 23 heavy (non-hydrogen) atoms. The minimum absolute atomic E-state index is 0.136. The number of imidazole rings is 1. The van der Waals surface area contributed by atoms with Gasteiger partial charge in [-0.1, -0.05) is 0 Å². The second-order valence-electron chi connectivity index (χ2n) is 5.16. The lowest BCUT2D eigenvalue weighted by atomic mass is 9.97. The fourth-order valence-electron chi connectivity index (χ4n) is 2.66. The van der Waals surface area contributed by atoms with Gasteiger partial charge < -0.3 is 15.4 Å². The molecule has 0 saturated carbocycles. The topological polar surface area (TPSA) is 103 Å². The van der Waals surface area contributed by atoms with Crippen molar-refractivity contribution < 1.29 is 14.3 Å². The van der Waals surface area contributed by atoms with Crippen molar-refractivity contribution in [3.63, 3.8) is 0 Å². The van der Waals surface area contributed by atoms with Gasteiger partial charge in [0.2, 0.25) is 5.95 Å². The van der Waals surface area contributed by atoms with Crippen LogP contribution >= 0.6 is 0 Å². The Hall–Kier alpha value is -2.90. The molecule has 0 atom stereocenters. The number of ether oxygens (including phenoxy) is 1. The Morgan fingerprint density at radius 2 is 2.22 bits per heavy atom. The molecule has 0 bridgehead atoms. The Morgan fingerprint density at radius 3 is 2.91 bits per heavy atom. The summed E-state index contributed by atoms with van der Waals surface area (Å²) in [4.78, 5) is 34.1. The van der Waals surface area contributed by atoms with Crippen molar-refractivity contribution in [2.45, 2.75) is 19.9 Å². The van der Waals surface area contributed by atoms with Crippen LogP contribution in [-0.2, 0) is 17.7 Å². The van der Waals surface area contributed by atoms with Gasteiger partial charge in [-0.05, 0) is 24.5 Å². The number of nitrogens with two attached hydrogens (primary N) is 1. The minimum Gasteiger partial charge on any atom is -0.450 e. The molecule has 0 radical (unpaired) electrons. The van der Waals surface area contributed by atoms with Crippen LogP contribution in [0.25, 0.3) is 0 Å². The third kappa shape index (κ3) is 2.75. The molecule has 120 valence electrons. The van der Waals surface area contributed by atoms with Gasteiger partial charge in [-0.2, -0.15) is 0 Å². The highest BCUT2D eigenvalue weighted by atomic mass is 16.6. The van der Waals surface area contributed by atoms with Crippen LogP contribution in [-0.4, -0.2) is 44.6 Å². The number of pyridine rings is 1. The summed E-state index contributed by atoms with van der Waals surface area (Å²) in [5.41, 5.74) is 7.90. The van der Waals surface area contributed by atoms with Crippen molar-refractivity contribution in [3.8, 4) is 0 Å². The summed E-state index contributed by atoms with van der Waals surface area (Å²) >= 11 is 0. The van der Waals surface area contributed by atoms with E-state index in [2.05, 4.69) is 9.97 Å². The molecule has 8 heteroatoms.